The van der Waals surface area contributed by atoms with Crippen LogP contribution in [0.15, 0.2) is 59.7 Å². The van der Waals surface area contributed by atoms with Crippen LogP contribution >= 0.6 is 0 Å². The Morgan fingerprint density at radius 3 is 2.46 bits per heavy atom. The standard InChI is InChI=1S/C18H18N2O4/c1-13(21)20-18(14-8-4-3-5-9-14)24-17(19-20)12-23-16-11-7-6-10-15(16)22-2/h3-11,18H,12H2,1-2H3/t18-/m0/s1. The highest BCUT2D eigenvalue weighted by molar-refractivity contribution is 5.83. The first-order chi connectivity index (χ1) is 11.7. The summed E-state index contributed by atoms with van der Waals surface area (Å²) in [4.78, 5) is 11.8. The van der Waals surface area contributed by atoms with E-state index in [9.17, 15) is 4.79 Å². The van der Waals surface area contributed by atoms with Gasteiger partial charge in [-0.25, -0.2) is 0 Å². The molecule has 1 aliphatic heterocycles. The number of para-hydroxylation sites is 2. The zero-order valence-corrected chi connectivity index (χ0v) is 13.5. The van der Waals surface area contributed by atoms with Crippen LogP contribution in [0.1, 0.15) is 18.7 Å². The average molecular weight is 326 g/mol. The van der Waals surface area contributed by atoms with Crippen molar-refractivity contribution < 1.29 is 19.0 Å². The summed E-state index contributed by atoms with van der Waals surface area (Å²) in [6, 6.07) is 16.8. The first-order valence-corrected chi connectivity index (χ1v) is 7.53. The van der Waals surface area contributed by atoms with Crippen LogP contribution < -0.4 is 9.47 Å². The Labute approximate surface area is 140 Å². The summed E-state index contributed by atoms with van der Waals surface area (Å²) in [5.41, 5.74) is 0.851. The zero-order valence-electron chi connectivity index (χ0n) is 13.5. The first-order valence-electron chi connectivity index (χ1n) is 7.53. The van der Waals surface area contributed by atoms with E-state index in [1.807, 2.05) is 42.5 Å². The third-order valence-electron chi connectivity index (χ3n) is 3.52. The molecule has 0 spiro atoms. The third kappa shape index (κ3) is 3.32. The number of carbonyl (C=O) groups is 1. The Morgan fingerprint density at radius 2 is 1.79 bits per heavy atom. The molecule has 0 saturated heterocycles. The van der Waals surface area contributed by atoms with Gasteiger partial charge in [-0.2, -0.15) is 5.01 Å². The predicted octanol–water partition coefficient (Wildman–Crippen LogP) is 2.97. The monoisotopic (exact) mass is 326 g/mol. The van der Waals surface area contributed by atoms with Crippen LogP contribution in [-0.4, -0.2) is 30.5 Å². The molecule has 0 unspecified atom stereocenters. The van der Waals surface area contributed by atoms with Gasteiger partial charge in [-0.3, -0.25) is 4.79 Å². The lowest BCUT2D eigenvalue weighted by atomic mass is 10.2. The number of carbonyl (C=O) groups excluding carboxylic acids is 1. The number of rotatable bonds is 5. The molecule has 0 fully saturated rings. The van der Waals surface area contributed by atoms with Crippen molar-refractivity contribution in [1.82, 2.24) is 5.01 Å². The summed E-state index contributed by atoms with van der Waals surface area (Å²) in [7, 11) is 1.58. The second kappa shape index (κ2) is 7.04. The van der Waals surface area contributed by atoms with Crippen molar-refractivity contribution in [3.8, 4) is 11.5 Å². The second-order valence-electron chi connectivity index (χ2n) is 5.18. The van der Waals surface area contributed by atoms with Gasteiger partial charge in [0.25, 0.3) is 0 Å². The quantitative estimate of drug-likeness (QED) is 0.847. The van der Waals surface area contributed by atoms with Crippen molar-refractivity contribution >= 4 is 11.8 Å². The van der Waals surface area contributed by atoms with Gasteiger partial charge in [0, 0.05) is 12.5 Å². The summed E-state index contributed by atoms with van der Waals surface area (Å²) in [5.74, 6) is 1.35. The van der Waals surface area contributed by atoms with E-state index in [-0.39, 0.29) is 12.5 Å². The Bertz CT molecular complexity index is 746. The zero-order chi connectivity index (χ0) is 16.9. The largest absolute Gasteiger partial charge is 0.493 e. The van der Waals surface area contributed by atoms with E-state index < -0.39 is 6.23 Å². The van der Waals surface area contributed by atoms with Crippen molar-refractivity contribution in [3.63, 3.8) is 0 Å². The van der Waals surface area contributed by atoms with E-state index in [0.717, 1.165) is 5.56 Å². The first kappa shape index (κ1) is 15.9. The molecule has 1 heterocycles. The fraction of sp³-hybridized carbons (Fsp3) is 0.222. The summed E-state index contributed by atoms with van der Waals surface area (Å²) in [6.07, 6.45) is -0.569. The number of methoxy groups -OCH3 is 1. The van der Waals surface area contributed by atoms with E-state index in [1.165, 1.54) is 11.9 Å². The lowest BCUT2D eigenvalue weighted by Crippen LogP contribution is -2.25. The molecular weight excluding hydrogens is 308 g/mol. The summed E-state index contributed by atoms with van der Waals surface area (Å²) in [6.45, 7) is 1.56. The highest BCUT2D eigenvalue weighted by Crippen LogP contribution is 2.29. The van der Waals surface area contributed by atoms with Crippen LogP contribution in [-0.2, 0) is 9.53 Å². The van der Waals surface area contributed by atoms with E-state index in [1.54, 1.807) is 19.2 Å². The molecule has 0 N–H and O–H groups in total. The predicted molar refractivity (Wildman–Crippen MR) is 88.7 cm³/mol. The maximum atomic E-state index is 11.8. The van der Waals surface area contributed by atoms with Gasteiger partial charge in [0.2, 0.25) is 18.0 Å². The maximum absolute atomic E-state index is 11.8. The molecule has 0 aliphatic carbocycles. The number of nitrogens with zero attached hydrogens (tertiary/aromatic N) is 2. The molecule has 1 aliphatic rings. The number of benzene rings is 2. The normalized spacial score (nSPS) is 16.3. The van der Waals surface area contributed by atoms with Crippen molar-refractivity contribution in [2.24, 2.45) is 5.10 Å². The fourth-order valence-electron chi connectivity index (χ4n) is 2.38. The van der Waals surface area contributed by atoms with Gasteiger partial charge in [0.15, 0.2) is 18.1 Å². The lowest BCUT2D eigenvalue weighted by Gasteiger charge is -2.19. The van der Waals surface area contributed by atoms with E-state index in [0.29, 0.717) is 17.4 Å². The topological polar surface area (TPSA) is 60.4 Å². The van der Waals surface area contributed by atoms with E-state index >= 15 is 0 Å². The second-order valence-corrected chi connectivity index (χ2v) is 5.18. The van der Waals surface area contributed by atoms with Crippen molar-refractivity contribution in [2.75, 3.05) is 13.7 Å². The van der Waals surface area contributed by atoms with Crippen LogP contribution in [0.25, 0.3) is 0 Å². The highest BCUT2D eigenvalue weighted by atomic mass is 16.6. The Hall–Kier alpha value is -3.02. The van der Waals surface area contributed by atoms with Crippen molar-refractivity contribution in [3.05, 3.63) is 60.2 Å². The number of hydrazone groups is 1. The minimum absolute atomic E-state index is 0.105. The van der Waals surface area contributed by atoms with Gasteiger partial charge in [0.05, 0.1) is 7.11 Å². The molecule has 6 heteroatoms. The third-order valence-corrected chi connectivity index (χ3v) is 3.52. The number of amides is 1. The van der Waals surface area contributed by atoms with Crippen LogP contribution in [0.4, 0.5) is 0 Å². The van der Waals surface area contributed by atoms with Crippen LogP contribution in [0.2, 0.25) is 0 Å². The molecule has 6 nitrogen and oxygen atoms in total. The summed E-state index contributed by atoms with van der Waals surface area (Å²) >= 11 is 0. The van der Waals surface area contributed by atoms with E-state index in [2.05, 4.69) is 5.10 Å². The van der Waals surface area contributed by atoms with Gasteiger partial charge < -0.3 is 14.2 Å². The number of ether oxygens (including phenoxy) is 3. The molecule has 2 aromatic carbocycles. The molecular formula is C18H18N2O4. The van der Waals surface area contributed by atoms with Crippen LogP contribution in [0, 0.1) is 0 Å². The molecule has 0 bridgehead atoms. The van der Waals surface area contributed by atoms with Gasteiger partial charge in [-0.15, -0.1) is 5.10 Å². The van der Waals surface area contributed by atoms with Crippen molar-refractivity contribution in [2.45, 2.75) is 13.2 Å². The average Bonchev–Trinajstić information content (AvgIpc) is 3.05. The molecule has 1 amide bonds. The van der Waals surface area contributed by atoms with Gasteiger partial charge in [0.1, 0.15) is 0 Å². The highest BCUT2D eigenvalue weighted by Gasteiger charge is 2.32. The molecule has 2 aromatic rings. The molecule has 124 valence electrons. The molecule has 0 saturated carbocycles. The Morgan fingerprint density at radius 1 is 1.12 bits per heavy atom. The Balaban J connectivity index is 1.73. The molecule has 24 heavy (non-hydrogen) atoms. The minimum atomic E-state index is -0.569. The molecule has 0 aromatic heterocycles. The Kier molecular flexibility index (Phi) is 4.65. The van der Waals surface area contributed by atoms with Gasteiger partial charge in [-0.05, 0) is 12.1 Å². The molecule has 0 radical (unpaired) electrons. The molecule has 1 atom stereocenters. The summed E-state index contributed by atoms with van der Waals surface area (Å²) in [5, 5.41) is 5.54. The number of hydrogen-bond donors (Lipinski definition) is 0. The summed E-state index contributed by atoms with van der Waals surface area (Å²) < 4.78 is 16.8. The van der Waals surface area contributed by atoms with Crippen LogP contribution in [0.3, 0.4) is 0 Å². The smallest absolute Gasteiger partial charge is 0.247 e. The maximum Gasteiger partial charge on any atom is 0.247 e. The van der Waals surface area contributed by atoms with Crippen LogP contribution in [0.5, 0.6) is 11.5 Å². The number of hydrogen-bond acceptors (Lipinski definition) is 5. The fourth-order valence-corrected chi connectivity index (χ4v) is 2.38. The minimum Gasteiger partial charge on any atom is -0.493 e. The van der Waals surface area contributed by atoms with Gasteiger partial charge >= 0.3 is 0 Å². The van der Waals surface area contributed by atoms with E-state index in [4.69, 9.17) is 14.2 Å². The SMILES string of the molecule is COc1ccccc1OCC1=NN(C(C)=O)[C@H](c2ccccc2)O1. The van der Waals surface area contributed by atoms with Gasteiger partial charge in [-0.1, -0.05) is 42.5 Å². The lowest BCUT2D eigenvalue weighted by molar-refractivity contribution is -0.135. The molecule has 3 rings (SSSR count). The van der Waals surface area contributed by atoms with Crippen molar-refractivity contribution in [1.29, 1.82) is 0 Å².